The van der Waals surface area contributed by atoms with Gasteiger partial charge in [-0.3, -0.25) is 19.3 Å². The normalized spacial score (nSPS) is 18.1. The summed E-state index contributed by atoms with van der Waals surface area (Å²) in [4.78, 5) is 38.7. The van der Waals surface area contributed by atoms with Gasteiger partial charge >= 0.3 is 0 Å². The number of fused-ring (bicyclic) bond motifs is 1. The molecule has 1 fully saturated rings. The lowest BCUT2D eigenvalue weighted by atomic mass is 10.1. The minimum atomic E-state index is -0.354. The number of benzene rings is 2. The van der Waals surface area contributed by atoms with Crippen molar-refractivity contribution in [2.75, 3.05) is 25.1 Å². The standard InChI is InChI=1S/C22H22N2O5/c1-14-5-2-3-7-19(14)29-13-20(25)23-15-8-9-17-18(11-15)22(27)24(21(17)26)12-16-6-4-10-28-16/h2-3,5,7-9,11,16H,4,6,10,12-13H2,1H3,(H,23,25)/t16-/m0/s1. The molecule has 1 N–H and O–H groups in total. The minimum Gasteiger partial charge on any atom is -0.483 e. The Labute approximate surface area is 168 Å². The Bertz CT molecular complexity index is 965. The van der Waals surface area contributed by atoms with E-state index >= 15 is 0 Å². The second kappa shape index (κ2) is 8.05. The predicted octanol–water partition coefficient (Wildman–Crippen LogP) is 2.79. The van der Waals surface area contributed by atoms with Crippen LogP contribution in [-0.2, 0) is 9.53 Å². The van der Waals surface area contributed by atoms with Gasteiger partial charge in [-0.2, -0.15) is 0 Å². The first kappa shape index (κ1) is 19.1. The van der Waals surface area contributed by atoms with E-state index in [1.165, 1.54) is 11.0 Å². The van der Waals surface area contributed by atoms with Gasteiger partial charge < -0.3 is 14.8 Å². The lowest BCUT2D eigenvalue weighted by molar-refractivity contribution is -0.118. The highest BCUT2D eigenvalue weighted by molar-refractivity contribution is 6.21. The Morgan fingerprint density at radius 3 is 2.72 bits per heavy atom. The summed E-state index contributed by atoms with van der Waals surface area (Å²) in [6.45, 7) is 2.67. The van der Waals surface area contributed by atoms with Crippen molar-refractivity contribution in [2.45, 2.75) is 25.9 Å². The van der Waals surface area contributed by atoms with Crippen molar-refractivity contribution in [3.63, 3.8) is 0 Å². The molecule has 7 nitrogen and oxygen atoms in total. The van der Waals surface area contributed by atoms with Gasteiger partial charge in [0.2, 0.25) is 0 Å². The smallest absolute Gasteiger partial charge is 0.262 e. The molecule has 29 heavy (non-hydrogen) atoms. The summed E-state index contributed by atoms with van der Waals surface area (Å²) in [5.74, 6) is -0.377. The quantitative estimate of drug-likeness (QED) is 0.762. The third-order valence-electron chi connectivity index (χ3n) is 5.12. The summed E-state index contributed by atoms with van der Waals surface area (Å²) in [6.07, 6.45) is 1.68. The lowest BCUT2D eigenvalue weighted by Gasteiger charge is -2.17. The van der Waals surface area contributed by atoms with E-state index in [9.17, 15) is 14.4 Å². The molecule has 2 heterocycles. The van der Waals surface area contributed by atoms with Crippen molar-refractivity contribution >= 4 is 23.4 Å². The zero-order chi connectivity index (χ0) is 20.4. The summed E-state index contributed by atoms with van der Waals surface area (Å²) in [6, 6.07) is 12.2. The number of rotatable bonds is 6. The Balaban J connectivity index is 1.40. The van der Waals surface area contributed by atoms with E-state index in [2.05, 4.69) is 5.32 Å². The van der Waals surface area contributed by atoms with Crippen molar-refractivity contribution < 1.29 is 23.9 Å². The number of amides is 3. The molecule has 0 aromatic heterocycles. The molecule has 7 heteroatoms. The van der Waals surface area contributed by atoms with Gasteiger partial charge in [0.15, 0.2) is 6.61 Å². The molecule has 3 amide bonds. The summed E-state index contributed by atoms with van der Waals surface area (Å²) in [5.41, 5.74) is 2.03. The van der Waals surface area contributed by atoms with E-state index < -0.39 is 0 Å². The summed E-state index contributed by atoms with van der Waals surface area (Å²) in [7, 11) is 0. The maximum absolute atomic E-state index is 12.7. The van der Waals surface area contributed by atoms with E-state index in [1.807, 2.05) is 25.1 Å². The topological polar surface area (TPSA) is 84.9 Å². The number of hydrogen-bond acceptors (Lipinski definition) is 5. The maximum Gasteiger partial charge on any atom is 0.262 e. The third-order valence-corrected chi connectivity index (χ3v) is 5.12. The number of ether oxygens (including phenoxy) is 2. The number of imide groups is 1. The van der Waals surface area contributed by atoms with E-state index in [0.717, 1.165) is 18.4 Å². The Hall–Kier alpha value is -3.19. The maximum atomic E-state index is 12.7. The van der Waals surface area contributed by atoms with Crippen LogP contribution in [0.3, 0.4) is 0 Å². The highest BCUT2D eigenvalue weighted by Crippen LogP contribution is 2.27. The van der Waals surface area contributed by atoms with E-state index in [-0.39, 0.29) is 37.0 Å². The third kappa shape index (κ3) is 4.00. The van der Waals surface area contributed by atoms with Crippen LogP contribution in [-0.4, -0.2) is 48.5 Å². The fourth-order valence-electron chi connectivity index (χ4n) is 3.58. The molecule has 0 unspecified atom stereocenters. The molecule has 0 saturated carbocycles. The van der Waals surface area contributed by atoms with Gasteiger partial charge in [-0.15, -0.1) is 0 Å². The summed E-state index contributed by atoms with van der Waals surface area (Å²) in [5, 5.41) is 2.71. The second-order valence-electron chi connectivity index (χ2n) is 7.22. The fraction of sp³-hybridized carbons (Fsp3) is 0.318. The van der Waals surface area contributed by atoms with Crippen LogP contribution in [0.1, 0.15) is 39.1 Å². The molecule has 4 rings (SSSR count). The van der Waals surface area contributed by atoms with Crippen molar-refractivity contribution in [3.05, 3.63) is 59.2 Å². The summed E-state index contributed by atoms with van der Waals surface area (Å²) < 4.78 is 11.1. The van der Waals surface area contributed by atoms with Crippen molar-refractivity contribution in [2.24, 2.45) is 0 Å². The molecule has 2 aromatic rings. The van der Waals surface area contributed by atoms with Gasteiger partial charge in [0, 0.05) is 12.3 Å². The molecule has 0 bridgehead atoms. The van der Waals surface area contributed by atoms with E-state index in [4.69, 9.17) is 9.47 Å². The molecular weight excluding hydrogens is 372 g/mol. The van der Waals surface area contributed by atoms with Crippen LogP contribution in [0.4, 0.5) is 5.69 Å². The molecule has 0 radical (unpaired) electrons. The van der Waals surface area contributed by atoms with Gasteiger partial charge in [-0.25, -0.2) is 0 Å². The molecule has 0 aliphatic carbocycles. The minimum absolute atomic E-state index is 0.102. The number of carbonyl (C=O) groups excluding carboxylic acids is 3. The Kier molecular flexibility index (Phi) is 5.31. The molecule has 0 spiro atoms. The van der Waals surface area contributed by atoms with E-state index in [1.54, 1.807) is 18.2 Å². The number of anilines is 1. The Morgan fingerprint density at radius 1 is 1.17 bits per heavy atom. The number of nitrogens with zero attached hydrogens (tertiary/aromatic N) is 1. The van der Waals surface area contributed by atoms with Crippen LogP contribution in [0.25, 0.3) is 0 Å². The monoisotopic (exact) mass is 394 g/mol. The number of aryl methyl sites for hydroxylation is 1. The zero-order valence-corrected chi connectivity index (χ0v) is 16.1. The van der Waals surface area contributed by atoms with Crippen LogP contribution in [0, 0.1) is 6.92 Å². The Morgan fingerprint density at radius 2 is 1.97 bits per heavy atom. The van der Waals surface area contributed by atoms with Gasteiger partial charge in [0.1, 0.15) is 5.75 Å². The highest BCUT2D eigenvalue weighted by Gasteiger charge is 2.37. The molecular formula is C22H22N2O5. The van der Waals surface area contributed by atoms with Crippen LogP contribution >= 0.6 is 0 Å². The average molecular weight is 394 g/mol. The van der Waals surface area contributed by atoms with Gasteiger partial charge in [-0.05, 0) is 49.6 Å². The van der Waals surface area contributed by atoms with Crippen LogP contribution in [0.2, 0.25) is 0 Å². The summed E-state index contributed by atoms with van der Waals surface area (Å²) >= 11 is 0. The van der Waals surface area contributed by atoms with E-state index in [0.29, 0.717) is 29.2 Å². The first-order valence-corrected chi connectivity index (χ1v) is 9.63. The van der Waals surface area contributed by atoms with Crippen molar-refractivity contribution in [1.82, 2.24) is 4.90 Å². The first-order chi connectivity index (χ1) is 14.0. The number of hydrogen-bond donors (Lipinski definition) is 1. The van der Waals surface area contributed by atoms with Crippen molar-refractivity contribution in [1.29, 1.82) is 0 Å². The molecule has 2 aliphatic heterocycles. The van der Waals surface area contributed by atoms with Crippen LogP contribution in [0.5, 0.6) is 5.75 Å². The fourth-order valence-corrected chi connectivity index (χ4v) is 3.58. The molecule has 1 saturated heterocycles. The first-order valence-electron chi connectivity index (χ1n) is 9.63. The molecule has 1 atom stereocenters. The number of carbonyl (C=O) groups is 3. The zero-order valence-electron chi connectivity index (χ0n) is 16.1. The highest BCUT2D eigenvalue weighted by atomic mass is 16.5. The largest absolute Gasteiger partial charge is 0.483 e. The lowest BCUT2D eigenvalue weighted by Crippen LogP contribution is -2.36. The SMILES string of the molecule is Cc1ccccc1OCC(=O)Nc1ccc2c(c1)C(=O)N(C[C@@H]1CCCO1)C2=O. The molecule has 150 valence electrons. The molecule has 2 aliphatic rings. The van der Waals surface area contributed by atoms with Gasteiger partial charge in [0.05, 0.1) is 23.8 Å². The van der Waals surface area contributed by atoms with Crippen LogP contribution < -0.4 is 10.1 Å². The predicted molar refractivity (Wildman–Crippen MR) is 106 cm³/mol. The van der Waals surface area contributed by atoms with Gasteiger partial charge in [0.25, 0.3) is 17.7 Å². The number of para-hydroxylation sites is 1. The molecule has 2 aromatic carbocycles. The number of nitrogens with one attached hydrogen (secondary N) is 1. The average Bonchev–Trinajstić information content (AvgIpc) is 3.31. The van der Waals surface area contributed by atoms with Crippen molar-refractivity contribution in [3.8, 4) is 5.75 Å². The second-order valence-corrected chi connectivity index (χ2v) is 7.22. The van der Waals surface area contributed by atoms with Gasteiger partial charge in [-0.1, -0.05) is 18.2 Å². The van der Waals surface area contributed by atoms with Crippen LogP contribution in [0.15, 0.2) is 42.5 Å².